The molecule has 7 heteroatoms. The molecule has 1 unspecified atom stereocenters. The maximum atomic E-state index is 12.2. The number of carbonyl (C=O) groups excluding carboxylic acids is 3. The number of esters is 3. The van der Waals surface area contributed by atoms with E-state index in [4.69, 9.17) is 14.2 Å². The Kier molecular flexibility index (Phi) is 9.36. The van der Waals surface area contributed by atoms with E-state index in [9.17, 15) is 14.4 Å². The van der Waals surface area contributed by atoms with Crippen molar-refractivity contribution in [1.29, 1.82) is 0 Å². The third kappa shape index (κ3) is 6.57. The molecular weight excluding hydrogens is 280 g/mol. The molecule has 0 aromatic heterocycles. The first-order valence-corrected chi connectivity index (χ1v) is 6.99. The minimum Gasteiger partial charge on any atom is -0.469 e. The summed E-state index contributed by atoms with van der Waals surface area (Å²) in [7, 11) is 1.19. The molecule has 0 aromatic carbocycles. The highest BCUT2D eigenvalue weighted by Crippen LogP contribution is 2.25. The highest BCUT2D eigenvalue weighted by molar-refractivity contribution is 5.90. The summed E-state index contributed by atoms with van der Waals surface area (Å²) in [5.74, 6) is -2.06. The average molecular weight is 304 g/mol. The van der Waals surface area contributed by atoms with Crippen molar-refractivity contribution in [2.24, 2.45) is 0 Å². The van der Waals surface area contributed by atoms with Gasteiger partial charge in [-0.3, -0.25) is 9.59 Å². The topological polar surface area (TPSA) is 88.1 Å². The van der Waals surface area contributed by atoms with Crippen LogP contribution in [-0.2, 0) is 33.3 Å². The van der Waals surface area contributed by atoms with Crippen molar-refractivity contribution >= 4 is 17.9 Å². The second kappa shape index (κ2) is 10.1. The van der Waals surface area contributed by atoms with Gasteiger partial charge in [-0.15, -0.1) is 0 Å². The fourth-order valence-electron chi connectivity index (χ4n) is 1.71. The fourth-order valence-corrected chi connectivity index (χ4v) is 1.71. The van der Waals surface area contributed by atoms with Gasteiger partial charge in [0.05, 0.1) is 33.2 Å². The van der Waals surface area contributed by atoms with E-state index in [1.807, 2.05) is 6.92 Å². The summed E-state index contributed by atoms with van der Waals surface area (Å²) in [6, 6.07) is 0. The predicted molar refractivity (Wildman–Crippen MR) is 73.5 cm³/mol. The molecule has 0 heterocycles. The normalized spacial score (nSPS) is 13.1. The SMILES string of the molecule is CCCOC(=O)CC(CC(=O)OC)(OCC)C(=O)OCC. The Morgan fingerprint density at radius 2 is 1.52 bits per heavy atom. The van der Waals surface area contributed by atoms with Crippen molar-refractivity contribution in [3.05, 3.63) is 0 Å². The minimum absolute atomic E-state index is 0.110. The molecule has 7 nitrogen and oxygen atoms in total. The zero-order valence-electron chi connectivity index (χ0n) is 13.1. The Balaban J connectivity index is 5.19. The summed E-state index contributed by atoms with van der Waals surface area (Å²) in [5.41, 5.74) is -1.71. The predicted octanol–water partition coefficient (Wildman–Crippen LogP) is 1.23. The highest BCUT2D eigenvalue weighted by atomic mass is 16.6. The molecule has 0 saturated heterocycles. The van der Waals surface area contributed by atoms with Crippen LogP contribution in [-0.4, -0.2) is 50.4 Å². The molecule has 0 fully saturated rings. The zero-order valence-corrected chi connectivity index (χ0v) is 13.1. The van der Waals surface area contributed by atoms with Gasteiger partial charge in [0, 0.05) is 6.61 Å². The Hall–Kier alpha value is -1.63. The molecule has 0 spiro atoms. The minimum atomic E-state index is -1.71. The van der Waals surface area contributed by atoms with Crippen LogP contribution in [0.25, 0.3) is 0 Å². The summed E-state index contributed by atoms with van der Waals surface area (Å²) in [6.07, 6.45) is -0.143. The molecule has 0 bridgehead atoms. The van der Waals surface area contributed by atoms with Crippen LogP contribution in [0.2, 0.25) is 0 Å². The Morgan fingerprint density at radius 3 is 2.00 bits per heavy atom. The third-order valence-corrected chi connectivity index (χ3v) is 2.62. The Bertz CT molecular complexity index is 353. The lowest BCUT2D eigenvalue weighted by Gasteiger charge is -2.29. The van der Waals surface area contributed by atoms with Crippen LogP contribution < -0.4 is 0 Å². The van der Waals surface area contributed by atoms with E-state index in [2.05, 4.69) is 4.74 Å². The maximum Gasteiger partial charge on any atom is 0.339 e. The lowest BCUT2D eigenvalue weighted by atomic mass is 9.95. The van der Waals surface area contributed by atoms with E-state index >= 15 is 0 Å². The lowest BCUT2D eigenvalue weighted by molar-refractivity contribution is -0.184. The number of ether oxygens (including phenoxy) is 4. The summed E-state index contributed by atoms with van der Waals surface area (Å²) < 4.78 is 19.8. The van der Waals surface area contributed by atoms with E-state index in [1.54, 1.807) is 13.8 Å². The van der Waals surface area contributed by atoms with Crippen LogP contribution in [0.1, 0.15) is 40.0 Å². The molecule has 0 radical (unpaired) electrons. The number of rotatable bonds is 10. The molecule has 122 valence electrons. The van der Waals surface area contributed by atoms with Crippen molar-refractivity contribution in [3.8, 4) is 0 Å². The quantitative estimate of drug-likeness (QED) is 0.443. The van der Waals surface area contributed by atoms with Crippen LogP contribution in [0.5, 0.6) is 0 Å². The maximum absolute atomic E-state index is 12.2. The van der Waals surface area contributed by atoms with Gasteiger partial charge in [-0.25, -0.2) is 4.79 Å². The first-order chi connectivity index (χ1) is 9.95. The molecular formula is C14H24O7. The van der Waals surface area contributed by atoms with Gasteiger partial charge < -0.3 is 18.9 Å². The number of carbonyl (C=O) groups is 3. The van der Waals surface area contributed by atoms with E-state index in [1.165, 1.54) is 7.11 Å². The van der Waals surface area contributed by atoms with Crippen molar-refractivity contribution in [3.63, 3.8) is 0 Å². The molecule has 0 aliphatic rings. The Labute approximate surface area is 124 Å². The zero-order chi connectivity index (χ0) is 16.3. The van der Waals surface area contributed by atoms with Crippen molar-refractivity contribution in [1.82, 2.24) is 0 Å². The molecule has 0 rings (SSSR count). The first-order valence-electron chi connectivity index (χ1n) is 6.99. The molecule has 21 heavy (non-hydrogen) atoms. The van der Waals surface area contributed by atoms with Crippen LogP contribution >= 0.6 is 0 Å². The van der Waals surface area contributed by atoms with Gasteiger partial charge >= 0.3 is 17.9 Å². The van der Waals surface area contributed by atoms with E-state index < -0.39 is 36.4 Å². The van der Waals surface area contributed by atoms with Gasteiger partial charge in [0.15, 0.2) is 5.60 Å². The Morgan fingerprint density at radius 1 is 0.905 bits per heavy atom. The monoisotopic (exact) mass is 304 g/mol. The standard InChI is InChI=1S/C14H24O7/c1-5-8-20-12(16)10-14(21-7-3,9-11(15)18-4)13(17)19-6-2/h5-10H2,1-4H3. The number of methoxy groups -OCH3 is 1. The third-order valence-electron chi connectivity index (χ3n) is 2.62. The second-order valence-corrected chi connectivity index (χ2v) is 4.30. The first kappa shape index (κ1) is 19.4. The highest BCUT2D eigenvalue weighted by Gasteiger charge is 2.46. The number of hydrogen-bond acceptors (Lipinski definition) is 7. The molecule has 0 amide bonds. The van der Waals surface area contributed by atoms with Gasteiger partial charge in [0.2, 0.25) is 0 Å². The summed E-state index contributed by atoms with van der Waals surface area (Å²) in [4.78, 5) is 35.5. The average Bonchev–Trinajstić information content (AvgIpc) is 2.45. The summed E-state index contributed by atoms with van der Waals surface area (Å²) >= 11 is 0. The summed E-state index contributed by atoms with van der Waals surface area (Å²) in [6.45, 7) is 5.62. The van der Waals surface area contributed by atoms with Gasteiger partial charge in [-0.1, -0.05) is 6.92 Å². The van der Waals surface area contributed by atoms with E-state index in [0.717, 1.165) is 0 Å². The molecule has 0 aliphatic carbocycles. The van der Waals surface area contributed by atoms with E-state index in [-0.39, 0.29) is 19.8 Å². The van der Waals surface area contributed by atoms with Crippen LogP contribution in [0.3, 0.4) is 0 Å². The van der Waals surface area contributed by atoms with Gasteiger partial charge in [0.25, 0.3) is 0 Å². The molecule has 0 saturated carbocycles. The molecule has 0 aromatic rings. The second-order valence-electron chi connectivity index (χ2n) is 4.30. The van der Waals surface area contributed by atoms with E-state index in [0.29, 0.717) is 6.42 Å². The largest absolute Gasteiger partial charge is 0.469 e. The molecule has 1 atom stereocenters. The lowest BCUT2D eigenvalue weighted by Crippen LogP contribution is -2.47. The van der Waals surface area contributed by atoms with Crippen LogP contribution in [0, 0.1) is 0 Å². The van der Waals surface area contributed by atoms with Gasteiger partial charge in [-0.05, 0) is 20.3 Å². The van der Waals surface area contributed by atoms with Crippen LogP contribution in [0.15, 0.2) is 0 Å². The molecule has 0 aliphatic heterocycles. The van der Waals surface area contributed by atoms with Crippen LogP contribution in [0.4, 0.5) is 0 Å². The number of hydrogen-bond donors (Lipinski definition) is 0. The fraction of sp³-hybridized carbons (Fsp3) is 0.786. The van der Waals surface area contributed by atoms with Crippen molar-refractivity contribution in [2.75, 3.05) is 26.9 Å². The molecule has 0 N–H and O–H groups in total. The van der Waals surface area contributed by atoms with Gasteiger partial charge in [-0.2, -0.15) is 0 Å². The van der Waals surface area contributed by atoms with Crippen molar-refractivity contribution < 1.29 is 33.3 Å². The van der Waals surface area contributed by atoms with Gasteiger partial charge in [0.1, 0.15) is 0 Å². The summed E-state index contributed by atoms with van der Waals surface area (Å²) in [5, 5.41) is 0. The van der Waals surface area contributed by atoms with Crippen molar-refractivity contribution in [2.45, 2.75) is 45.6 Å². The smallest absolute Gasteiger partial charge is 0.339 e.